The van der Waals surface area contributed by atoms with Crippen molar-refractivity contribution >= 4 is 5.82 Å². The van der Waals surface area contributed by atoms with E-state index in [4.69, 9.17) is 4.74 Å². The molecule has 2 rings (SSSR count). The first-order valence-electron chi connectivity index (χ1n) is 5.11. The Bertz CT molecular complexity index is 586. The molecule has 0 radical (unpaired) electrons. The van der Waals surface area contributed by atoms with E-state index in [1.165, 1.54) is 17.0 Å². The average Bonchev–Trinajstić information content (AvgIpc) is 2.59. The van der Waals surface area contributed by atoms with Gasteiger partial charge in [-0.15, -0.1) is 0 Å². The van der Waals surface area contributed by atoms with Crippen LogP contribution in [0.3, 0.4) is 0 Å². The van der Waals surface area contributed by atoms with Crippen LogP contribution in [0.25, 0.3) is 0 Å². The highest BCUT2D eigenvalue weighted by Crippen LogP contribution is 2.31. The number of aryl methyl sites for hydroxylation is 2. The van der Waals surface area contributed by atoms with Crippen molar-refractivity contribution in [3.05, 3.63) is 40.2 Å². The largest absolute Gasteiger partial charge is 0.508 e. The Morgan fingerprint density at radius 3 is 2.78 bits per heavy atom. The van der Waals surface area contributed by atoms with E-state index in [2.05, 4.69) is 4.98 Å². The molecule has 18 heavy (non-hydrogen) atoms. The fourth-order valence-corrected chi connectivity index (χ4v) is 1.55. The highest BCUT2D eigenvalue weighted by Gasteiger charge is 2.22. The topological polar surface area (TPSA) is 90.4 Å². The molecule has 0 aliphatic rings. The summed E-state index contributed by atoms with van der Waals surface area (Å²) in [5.41, 5.74) is 0.787. The van der Waals surface area contributed by atoms with Crippen molar-refractivity contribution in [1.82, 2.24) is 9.55 Å². The Morgan fingerprint density at radius 1 is 1.44 bits per heavy atom. The van der Waals surface area contributed by atoms with E-state index in [0.29, 0.717) is 5.75 Å². The van der Waals surface area contributed by atoms with E-state index in [-0.39, 0.29) is 17.4 Å². The average molecular weight is 249 g/mol. The second-order valence-electron chi connectivity index (χ2n) is 3.85. The van der Waals surface area contributed by atoms with Crippen LogP contribution in [0, 0.1) is 17.0 Å². The first-order chi connectivity index (χ1) is 8.47. The molecule has 1 aromatic heterocycles. The Balaban J connectivity index is 2.39. The number of benzene rings is 1. The fraction of sp³-hybridized carbons (Fsp3) is 0.182. The monoisotopic (exact) mass is 249 g/mol. The molecular formula is C11H11N3O4. The van der Waals surface area contributed by atoms with E-state index in [1.54, 1.807) is 26.1 Å². The highest BCUT2D eigenvalue weighted by atomic mass is 16.6. The zero-order valence-electron chi connectivity index (χ0n) is 9.82. The van der Waals surface area contributed by atoms with E-state index in [0.717, 1.165) is 5.56 Å². The quantitative estimate of drug-likeness (QED) is 0.664. The third-order valence-corrected chi connectivity index (χ3v) is 2.29. The first kappa shape index (κ1) is 11.9. The summed E-state index contributed by atoms with van der Waals surface area (Å²) in [6.45, 7) is 1.78. The summed E-state index contributed by atoms with van der Waals surface area (Å²) >= 11 is 0. The molecule has 94 valence electrons. The molecule has 0 aliphatic carbocycles. The molecule has 1 aromatic carbocycles. The molecule has 2 aromatic rings. The van der Waals surface area contributed by atoms with Crippen molar-refractivity contribution in [2.45, 2.75) is 6.92 Å². The lowest BCUT2D eigenvalue weighted by Gasteiger charge is -2.06. The van der Waals surface area contributed by atoms with Crippen molar-refractivity contribution in [3.8, 4) is 17.4 Å². The smallest absolute Gasteiger partial charge is 0.427 e. The fourth-order valence-electron chi connectivity index (χ4n) is 1.55. The van der Waals surface area contributed by atoms with Gasteiger partial charge >= 0.3 is 11.7 Å². The standard InChI is InChI=1S/C11H11N3O4/c1-7-3-8(15)5-9(4-7)18-11-10(14(16)17)12-6-13(11)2/h3-6,15H,1-2H3. The molecule has 0 atom stereocenters. The van der Waals surface area contributed by atoms with Crippen LogP contribution in [0.4, 0.5) is 5.82 Å². The van der Waals surface area contributed by atoms with Crippen LogP contribution in [0.1, 0.15) is 5.56 Å². The van der Waals surface area contributed by atoms with Gasteiger partial charge in [-0.25, -0.2) is 0 Å². The number of nitrogens with zero attached hydrogens (tertiary/aromatic N) is 3. The molecule has 0 saturated heterocycles. The Morgan fingerprint density at radius 2 is 2.17 bits per heavy atom. The van der Waals surface area contributed by atoms with Gasteiger partial charge < -0.3 is 20.0 Å². The maximum atomic E-state index is 10.8. The third kappa shape index (κ3) is 2.24. The van der Waals surface area contributed by atoms with Gasteiger partial charge in [0, 0.05) is 13.1 Å². The maximum absolute atomic E-state index is 10.8. The minimum absolute atomic E-state index is 0.0185. The van der Waals surface area contributed by atoms with Gasteiger partial charge in [0.1, 0.15) is 11.5 Å². The Kier molecular flexibility index (Phi) is 2.88. The normalized spacial score (nSPS) is 10.3. The minimum atomic E-state index is -0.620. The second-order valence-corrected chi connectivity index (χ2v) is 3.85. The maximum Gasteiger partial charge on any atom is 0.427 e. The molecule has 0 saturated carbocycles. The third-order valence-electron chi connectivity index (χ3n) is 2.29. The van der Waals surface area contributed by atoms with E-state index < -0.39 is 4.92 Å². The van der Waals surface area contributed by atoms with Crippen molar-refractivity contribution in [2.75, 3.05) is 0 Å². The zero-order chi connectivity index (χ0) is 13.3. The number of aromatic nitrogens is 2. The predicted octanol–water partition coefficient (Wildman–Crippen LogP) is 2.13. The van der Waals surface area contributed by atoms with Gasteiger partial charge in [-0.2, -0.15) is 0 Å². The lowest BCUT2D eigenvalue weighted by Crippen LogP contribution is -1.96. The van der Waals surface area contributed by atoms with Gasteiger partial charge in [0.15, 0.2) is 0 Å². The van der Waals surface area contributed by atoms with Gasteiger partial charge in [0.05, 0.1) is 0 Å². The van der Waals surface area contributed by atoms with Crippen LogP contribution in [-0.2, 0) is 7.05 Å². The number of phenols is 1. The van der Waals surface area contributed by atoms with Gasteiger partial charge in [0.2, 0.25) is 6.33 Å². The molecule has 7 heteroatoms. The number of imidazole rings is 1. The number of ether oxygens (including phenoxy) is 1. The molecule has 1 N–H and O–H groups in total. The molecule has 0 aliphatic heterocycles. The van der Waals surface area contributed by atoms with Crippen LogP contribution >= 0.6 is 0 Å². The number of hydrogen-bond donors (Lipinski definition) is 1. The molecule has 0 unspecified atom stereocenters. The van der Waals surface area contributed by atoms with Crippen LogP contribution in [-0.4, -0.2) is 19.6 Å². The zero-order valence-corrected chi connectivity index (χ0v) is 9.82. The van der Waals surface area contributed by atoms with Crippen LogP contribution in [0.15, 0.2) is 24.5 Å². The predicted molar refractivity (Wildman–Crippen MR) is 62.8 cm³/mol. The molecular weight excluding hydrogens is 238 g/mol. The molecule has 0 amide bonds. The summed E-state index contributed by atoms with van der Waals surface area (Å²) in [6.07, 6.45) is 1.29. The molecule has 0 bridgehead atoms. The number of nitro groups is 1. The summed E-state index contributed by atoms with van der Waals surface area (Å²) in [7, 11) is 1.59. The van der Waals surface area contributed by atoms with E-state index >= 15 is 0 Å². The van der Waals surface area contributed by atoms with Gasteiger partial charge in [-0.3, -0.25) is 4.57 Å². The summed E-state index contributed by atoms with van der Waals surface area (Å²) in [4.78, 5) is 13.8. The van der Waals surface area contributed by atoms with E-state index in [1.807, 2.05) is 0 Å². The lowest BCUT2D eigenvalue weighted by molar-refractivity contribution is -0.390. The number of aromatic hydroxyl groups is 1. The molecule has 1 heterocycles. The SMILES string of the molecule is Cc1cc(O)cc(Oc2c([N+](=O)[O-])ncn2C)c1. The Hall–Kier alpha value is -2.57. The summed E-state index contributed by atoms with van der Waals surface area (Å²) < 4.78 is 6.80. The van der Waals surface area contributed by atoms with Crippen molar-refractivity contribution in [1.29, 1.82) is 0 Å². The van der Waals surface area contributed by atoms with Gasteiger partial charge in [0.25, 0.3) is 0 Å². The van der Waals surface area contributed by atoms with Crippen molar-refractivity contribution in [2.24, 2.45) is 7.05 Å². The summed E-state index contributed by atoms with van der Waals surface area (Å²) in [5.74, 6) is 0.0116. The van der Waals surface area contributed by atoms with Gasteiger partial charge in [-0.05, 0) is 34.5 Å². The minimum Gasteiger partial charge on any atom is -0.508 e. The number of hydrogen-bond acceptors (Lipinski definition) is 5. The summed E-state index contributed by atoms with van der Waals surface area (Å²) in [6, 6.07) is 4.60. The van der Waals surface area contributed by atoms with Crippen molar-refractivity contribution in [3.63, 3.8) is 0 Å². The summed E-state index contributed by atoms with van der Waals surface area (Å²) in [5, 5.41) is 20.2. The molecule has 0 spiro atoms. The number of phenolic OH excluding ortho intramolecular Hbond substituents is 1. The van der Waals surface area contributed by atoms with Crippen LogP contribution in [0.2, 0.25) is 0 Å². The van der Waals surface area contributed by atoms with Gasteiger partial charge in [-0.1, -0.05) is 0 Å². The first-order valence-corrected chi connectivity index (χ1v) is 5.11. The highest BCUT2D eigenvalue weighted by molar-refractivity contribution is 5.42. The number of rotatable bonds is 3. The molecule has 0 fully saturated rings. The van der Waals surface area contributed by atoms with Crippen LogP contribution in [0.5, 0.6) is 17.4 Å². The van der Waals surface area contributed by atoms with Crippen molar-refractivity contribution < 1.29 is 14.8 Å². The van der Waals surface area contributed by atoms with E-state index in [9.17, 15) is 15.2 Å². The lowest BCUT2D eigenvalue weighted by atomic mass is 10.2. The molecule has 7 nitrogen and oxygen atoms in total. The second kappa shape index (κ2) is 4.36. The Labute approximate surface area is 102 Å². The van der Waals surface area contributed by atoms with Crippen LogP contribution < -0.4 is 4.74 Å².